The zero-order valence-corrected chi connectivity index (χ0v) is 21.8. The Bertz CT molecular complexity index is 1150. The summed E-state index contributed by atoms with van der Waals surface area (Å²) in [6.07, 6.45) is -0.311. The molecule has 186 valence electrons. The van der Waals surface area contributed by atoms with Crippen LogP contribution in [0, 0.1) is 0 Å². The molecule has 1 N–H and O–H groups in total. The zero-order chi connectivity index (χ0) is 25.6. The van der Waals surface area contributed by atoms with Crippen LogP contribution in [0.2, 0.25) is 0 Å². The summed E-state index contributed by atoms with van der Waals surface area (Å²) in [4.78, 5) is 24.1. The van der Waals surface area contributed by atoms with Gasteiger partial charge in [-0.3, -0.25) is 4.79 Å². The van der Waals surface area contributed by atoms with Crippen LogP contribution in [-0.4, -0.2) is 39.0 Å². The number of anilines is 1. The summed E-state index contributed by atoms with van der Waals surface area (Å²) in [5.74, 6) is 1.01. The standard InChI is InChI=1S/C26H32N4O4S/c1-7-33-24(32)18-8-12-20(13-9-18)27-22(31)16-35-25-29-28-23(30(25)6)17(2)34-21-14-10-19(11-15-21)26(3,4)5/h8-15,17H,7,16H2,1-6H3,(H,27,31). The van der Waals surface area contributed by atoms with Crippen LogP contribution in [-0.2, 0) is 22.0 Å². The third-order valence-corrected chi connectivity index (χ3v) is 6.30. The summed E-state index contributed by atoms with van der Waals surface area (Å²) in [5, 5.41) is 11.9. The monoisotopic (exact) mass is 496 g/mol. The smallest absolute Gasteiger partial charge is 0.338 e. The molecule has 3 rings (SSSR count). The second-order valence-corrected chi connectivity index (χ2v) is 10.0. The molecular weight excluding hydrogens is 464 g/mol. The molecule has 0 spiro atoms. The number of carbonyl (C=O) groups is 2. The number of esters is 1. The fourth-order valence-electron chi connectivity index (χ4n) is 3.33. The molecular formula is C26H32N4O4S. The van der Waals surface area contributed by atoms with Crippen molar-refractivity contribution in [1.82, 2.24) is 14.8 Å². The number of thioether (sulfide) groups is 1. The lowest BCUT2D eigenvalue weighted by atomic mass is 9.87. The number of benzene rings is 2. The predicted octanol–water partition coefficient (Wildman–Crippen LogP) is 5.16. The average Bonchev–Trinajstić information content (AvgIpc) is 3.18. The van der Waals surface area contributed by atoms with Crippen LogP contribution in [0.25, 0.3) is 0 Å². The first-order valence-electron chi connectivity index (χ1n) is 11.4. The number of nitrogens with zero attached hydrogens (tertiary/aromatic N) is 3. The normalized spacial score (nSPS) is 12.2. The van der Waals surface area contributed by atoms with Gasteiger partial charge < -0.3 is 19.4 Å². The molecule has 1 atom stereocenters. The highest BCUT2D eigenvalue weighted by Crippen LogP contribution is 2.27. The molecule has 8 nitrogen and oxygen atoms in total. The lowest BCUT2D eigenvalue weighted by Crippen LogP contribution is -2.15. The molecule has 2 aromatic carbocycles. The summed E-state index contributed by atoms with van der Waals surface area (Å²) in [6.45, 7) is 10.5. The lowest BCUT2D eigenvalue weighted by molar-refractivity contribution is -0.113. The molecule has 0 aliphatic rings. The van der Waals surface area contributed by atoms with Gasteiger partial charge in [-0.15, -0.1) is 10.2 Å². The largest absolute Gasteiger partial charge is 0.483 e. The molecule has 0 saturated heterocycles. The first kappa shape index (κ1) is 26.3. The topological polar surface area (TPSA) is 95.3 Å². The number of ether oxygens (including phenoxy) is 2. The van der Waals surface area contributed by atoms with E-state index in [0.717, 1.165) is 5.75 Å². The minimum absolute atomic E-state index is 0.0816. The fourth-order valence-corrected chi connectivity index (χ4v) is 4.05. The number of nitrogens with one attached hydrogen (secondary N) is 1. The Morgan fingerprint density at radius 1 is 1.06 bits per heavy atom. The first-order valence-corrected chi connectivity index (χ1v) is 12.4. The van der Waals surface area contributed by atoms with Gasteiger partial charge in [-0.2, -0.15) is 0 Å². The number of aromatic nitrogens is 3. The molecule has 1 unspecified atom stereocenters. The number of hydrogen-bond acceptors (Lipinski definition) is 7. The van der Waals surface area contributed by atoms with E-state index in [4.69, 9.17) is 9.47 Å². The Morgan fingerprint density at radius 2 is 1.71 bits per heavy atom. The van der Waals surface area contributed by atoms with Crippen LogP contribution in [0.5, 0.6) is 5.75 Å². The van der Waals surface area contributed by atoms with Crippen LogP contribution in [0.1, 0.15) is 62.5 Å². The van der Waals surface area contributed by atoms with Crippen LogP contribution in [0.4, 0.5) is 5.69 Å². The maximum absolute atomic E-state index is 12.4. The number of amides is 1. The van der Waals surface area contributed by atoms with Gasteiger partial charge in [0.15, 0.2) is 17.1 Å². The minimum Gasteiger partial charge on any atom is -0.483 e. The predicted molar refractivity (Wildman–Crippen MR) is 137 cm³/mol. The Hall–Kier alpha value is -3.33. The van der Waals surface area contributed by atoms with Gasteiger partial charge in [0.2, 0.25) is 5.91 Å². The van der Waals surface area contributed by atoms with Crippen molar-refractivity contribution in [3.8, 4) is 5.75 Å². The zero-order valence-electron chi connectivity index (χ0n) is 21.0. The molecule has 0 aliphatic heterocycles. The maximum Gasteiger partial charge on any atom is 0.338 e. The van der Waals surface area contributed by atoms with E-state index < -0.39 is 0 Å². The van der Waals surface area contributed by atoms with Crippen LogP contribution >= 0.6 is 11.8 Å². The molecule has 0 aliphatic carbocycles. The third-order valence-electron chi connectivity index (χ3n) is 5.28. The lowest BCUT2D eigenvalue weighted by Gasteiger charge is -2.20. The van der Waals surface area contributed by atoms with Crippen molar-refractivity contribution in [3.63, 3.8) is 0 Å². The van der Waals surface area contributed by atoms with Gasteiger partial charge in [-0.25, -0.2) is 4.79 Å². The number of hydrogen-bond donors (Lipinski definition) is 1. The van der Waals surface area contributed by atoms with Crippen molar-refractivity contribution in [3.05, 3.63) is 65.5 Å². The van der Waals surface area contributed by atoms with Crippen LogP contribution in [0.15, 0.2) is 53.7 Å². The Kier molecular flexibility index (Phi) is 8.56. The van der Waals surface area contributed by atoms with Gasteiger partial charge in [0.05, 0.1) is 17.9 Å². The second-order valence-electron chi connectivity index (χ2n) is 9.07. The van der Waals surface area contributed by atoms with Gasteiger partial charge in [0.1, 0.15) is 5.75 Å². The number of carbonyl (C=O) groups excluding carboxylic acids is 2. The molecule has 1 amide bonds. The van der Waals surface area contributed by atoms with E-state index in [-0.39, 0.29) is 29.1 Å². The van der Waals surface area contributed by atoms with E-state index >= 15 is 0 Å². The summed E-state index contributed by atoms with van der Waals surface area (Å²) >= 11 is 1.29. The molecule has 35 heavy (non-hydrogen) atoms. The minimum atomic E-state index is -0.390. The highest BCUT2D eigenvalue weighted by molar-refractivity contribution is 7.99. The van der Waals surface area contributed by atoms with Crippen molar-refractivity contribution in [1.29, 1.82) is 0 Å². The molecule has 1 aromatic heterocycles. The van der Waals surface area contributed by atoms with Crippen LogP contribution in [0.3, 0.4) is 0 Å². The van der Waals surface area contributed by atoms with Crippen molar-refractivity contribution in [2.75, 3.05) is 17.7 Å². The molecule has 3 aromatic rings. The summed E-state index contributed by atoms with van der Waals surface area (Å²) in [6, 6.07) is 14.7. The number of rotatable bonds is 9. The molecule has 0 saturated carbocycles. The van der Waals surface area contributed by atoms with E-state index in [1.165, 1.54) is 17.3 Å². The van der Waals surface area contributed by atoms with Gasteiger partial charge in [-0.1, -0.05) is 44.7 Å². The van der Waals surface area contributed by atoms with E-state index in [1.54, 1.807) is 31.2 Å². The van der Waals surface area contributed by atoms with Gasteiger partial charge in [0, 0.05) is 12.7 Å². The third kappa shape index (κ3) is 7.08. The molecule has 0 radical (unpaired) electrons. The van der Waals surface area contributed by atoms with Crippen LogP contribution < -0.4 is 10.1 Å². The SMILES string of the molecule is CCOC(=O)c1ccc(NC(=O)CSc2nnc(C(C)Oc3ccc(C(C)(C)C)cc3)n2C)cc1. The first-order chi connectivity index (χ1) is 16.6. The maximum atomic E-state index is 12.4. The summed E-state index contributed by atoms with van der Waals surface area (Å²) < 4.78 is 12.9. The Morgan fingerprint density at radius 3 is 2.31 bits per heavy atom. The van der Waals surface area contributed by atoms with E-state index in [1.807, 2.05) is 30.7 Å². The van der Waals surface area contributed by atoms with Gasteiger partial charge in [-0.05, 0) is 61.2 Å². The summed E-state index contributed by atoms with van der Waals surface area (Å²) in [5.41, 5.74) is 2.36. The molecule has 0 bridgehead atoms. The highest BCUT2D eigenvalue weighted by Gasteiger charge is 2.19. The van der Waals surface area contributed by atoms with Crippen molar-refractivity contribution in [2.24, 2.45) is 7.05 Å². The average molecular weight is 497 g/mol. The molecule has 1 heterocycles. The Labute approximate surface area is 210 Å². The van der Waals surface area contributed by atoms with E-state index in [9.17, 15) is 9.59 Å². The van der Waals surface area contributed by atoms with E-state index in [2.05, 4.69) is 48.4 Å². The van der Waals surface area contributed by atoms with Crippen molar-refractivity contribution < 1.29 is 19.1 Å². The van der Waals surface area contributed by atoms with Crippen molar-refractivity contribution in [2.45, 2.75) is 51.3 Å². The van der Waals surface area contributed by atoms with Gasteiger partial charge in [0.25, 0.3) is 0 Å². The highest BCUT2D eigenvalue weighted by atomic mass is 32.2. The fraction of sp³-hybridized carbons (Fsp3) is 0.385. The second kappa shape index (κ2) is 11.4. The molecule has 0 fully saturated rings. The van der Waals surface area contributed by atoms with Crippen molar-refractivity contribution >= 4 is 29.3 Å². The van der Waals surface area contributed by atoms with E-state index in [0.29, 0.717) is 28.8 Å². The summed E-state index contributed by atoms with van der Waals surface area (Å²) in [7, 11) is 1.85. The molecule has 9 heteroatoms. The quantitative estimate of drug-likeness (QED) is 0.323. The van der Waals surface area contributed by atoms with Gasteiger partial charge >= 0.3 is 5.97 Å². The Balaban J connectivity index is 1.54.